The van der Waals surface area contributed by atoms with E-state index < -0.39 is 23.9 Å². The minimum Gasteiger partial charge on any atom is -0.497 e. The monoisotopic (exact) mass is 466 g/mol. The van der Waals surface area contributed by atoms with Crippen LogP contribution >= 0.6 is 11.8 Å². The molecular formula is C19H17F3N6O3S. The van der Waals surface area contributed by atoms with Crippen LogP contribution in [0.25, 0.3) is 0 Å². The summed E-state index contributed by atoms with van der Waals surface area (Å²) in [4.78, 5) is 12.9. The maximum Gasteiger partial charge on any atom is 0.453 e. The van der Waals surface area contributed by atoms with Crippen molar-refractivity contribution in [2.24, 2.45) is 5.10 Å². The van der Waals surface area contributed by atoms with Crippen molar-refractivity contribution < 1.29 is 27.1 Å². The van der Waals surface area contributed by atoms with Crippen LogP contribution in [0.1, 0.15) is 29.6 Å². The number of nitrogens with two attached hydrogens (primary N) is 1. The van der Waals surface area contributed by atoms with Gasteiger partial charge in [0.25, 0.3) is 11.7 Å². The van der Waals surface area contributed by atoms with Gasteiger partial charge in [-0.1, -0.05) is 11.8 Å². The second-order valence-electron chi connectivity index (χ2n) is 6.71. The summed E-state index contributed by atoms with van der Waals surface area (Å²) in [5.74, 6) is 4.61. The van der Waals surface area contributed by atoms with Crippen molar-refractivity contribution in [1.29, 1.82) is 0 Å². The molecule has 2 N–H and O–H groups in total. The molecule has 32 heavy (non-hydrogen) atoms. The van der Waals surface area contributed by atoms with E-state index in [-0.39, 0.29) is 10.9 Å². The Morgan fingerprint density at radius 1 is 1.28 bits per heavy atom. The molecule has 9 nitrogen and oxygen atoms in total. The molecule has 168 valence electrons. The van der Waals surface area contributed by atoms with Crippen molar-refractivity contribution in [3.63, 3.8) is 0 Å². The molecule has 1 aromatic carbocycles. The predicted molar refractivity (Wildman–Crippen MR) is 108 cm³/mol. The Morgan fingerprint density at radius 3 is 2.62 bits per heavy atom. The maximum absolute atomic E-state index is 12.9. The molecule has 0 unspecified atom stereocenters. The van der Waals surface area contributed by atoms with Gasteiger partial charge in [0.2, 0.25) is 5.16 Å². The van der Waals surface area contributed by atoms with Crippen LogP contribution in [0, 0.1) is 0 Å². The van der Waals surface area contributed by atoms with Crippen LogP contribution in [0.3, 0.4) is 0 Å². The number of carbonyl (C=O) groups is 1. The number of hydrogen-bond acceptors (Lipinski definition) is 8. The Kier molecular flexibility index (Phi) is 5.82. The summed E-state index contributed by atoms with van der Waals surface area (Å²) >= 11 is 0.737. The first kappa shape index (κ1) is 21.7. The number of halogens is 3. The highest BCUT2D eigenvalue weighted by molar-refractivity contribution is 7.99. The van der Waals surface area contributed by atoms with Gasteiger partial charge in [-0.05, 0) is 42.0 Å². The normalized spacial score (nSPS) is 16.3. The first-order valence-electron chi connectivity index (χ1n) is 9.25. The Bertz CT molecular complexity index is 1130. The minimum atomic E-state index is -4.75. The van der Waals surface area contributed by atoms with Gasteiger partial charge in [-0.2, -0.15) is 18.3 Å². The standard InChI is InChI=1S/C19H17F3N6O3S/c1-30-12-6-4-11(5-7-12)13-9-14(15-3-2-8-31-15)28(26-13)16(29)10-32-18-25-24-17(27(18)23)19(20,21)22/h2-8,14H,9-10,23H2,1H3/t14-/m1/s1. The van der Waals surface area contributed by atoms with Crippen molar-refractivity contribution >= 4 is 23.4 Å². The lowest BCUT2D eigenvalue weighted by molar-refractivity contribution is -0.146. The molecule has 13 heteroatoms. The van der Waals surface area contributed by atoms with Gasteiger partial charge in [0.05, 0.1) is 24.8 Å². The second kappa shape index (κ2) is 8.57. The van der Waals surface area contributed by atoms with Gasteiger partial charge in [-0.15, -0.1) is 10.2 Å². The van der Waals surface area contributed by atoms with Gasteiger partial charge in [0, 0.05) is 6.42 Å². The van der Waals surface area contributed by atoms with Crippen molar-refractivity contribution in [1.82, 2.24) is 19.9 Å². The number of alkyl halides is 3. The molecule has 1 atom stereocenters. The minimum absolute atomic E-state index is 0.237. The van der Waals surface area contributed by atoms with E-state index in [0.717, 1.165) is 17.3 Å². The van der Waals surface area contributed by atoms with Gasteiger partial charge in [-0.25, -0.2) is 9.69 Å². The number of hydrazone groups is 1. The smallest absolute Gasteiger partial charge is 0.453 e. The molecule has 0 saturated carbocycles. The first-order valence-corrected chi connectivity index (χ1v) is 10.2. The highest BCUT2D eigenvalue weighted by atomic mass is 32.2. The SMILES string of the molecule is COc1ccc(C2=NN(C(=O)CSc3nnc(C(F)(F)F)n3N)[C@@H](c3ccco3)C2)cc1. The number of amides is 1. The van der Waals surface area contributed by atoms with Crippen molar-refractivity contribution in [3.05, 3.63) is 59.8 Å². The molecule has 0 fully saturated rings. The van der Waals surface area contributed by atoms with E-state index in [2.05, 4.69) is 15.3 Å². The largest absolute Gasteiger partial charge is 0.497 e. The quantitative estimate of drug-likeness (QED) is 0.439. The first-order chi connectivity index (χ1) is 15.3. The van der Waals surface area contributed by atoms with Gasteiger partial charge in [0.15, 0.2) is 0 Å². The van der Waals surface area contributed by atoms with E-state index >= 15 is 0 Å². The van der Waals surface area contributed by atoms with E-state index in [0.29, 0.717) is 28.3 Å². The summed E-state index contributed by atoms with van der Waals surface area (Å²) < 4.78 is 49.5. The van der Waals surface area contributed by atoms with Crippen molar-refractivity contribution in [2.75, 3.05) is 18.7 Å². The van der Waals surface area contributed by atoms with E-state index in [1.807, 2.05) is 12.1 Å². The topological polar surface area (TPSA) is 112 Å². The Morgan fingerprint density at radius 2 is 2.03 bits per heavy atom. The van der Waals surface area contributed by atoms with E-state index in [1.54, 1.807) is 31.4 Å². The molecule has 4 rings (SSSR count). The molecule has 0 radical (unpaired) electrons. The summed E-state index contributed by atoms with van der Waals surface area (Å²) in [7, 11) is 1.56. The molecular weight excluding hydrogens is 449 g/mol. The van der Waals surface area contributed by atoms with Gasteiger partial charge in [-0.3, -0.25) is 4.79 Å². The molecule has 3 heterocycles. The number of rotatable bonds is 6. The molecule has 1 aliphatic heterocycles. The number of aromatic nitrogens is 3. The summed E-state index contributed by atoms with van der Waals surface area (Å²) in [6.45, 7) is 0. The third-order valence-corrected chi connectivity index (χ3v) is 5.63. The average Bonchev–Trinajstić information content (AvgIpc) is 3.51. The van der Waals surface area contributed by atoms with Crippen molar-refractivity contribution in [3.8, 4) is 5.75 Å². The number of carbonyl (C=O) groups excluding carboxylic acids is 1. The number of thioether (sulfide) groups is 1. The van der Waals surface area contributed by atoms with Crippen LogP contribution < -0.4 is 10.6 Å². The Balaban J connectivity index is 1.54. The Hall–Kier alpha value is -3.48. The molecule has 3 aromatic rings. The number of hydrogen-bond donors (Lipinski definition) is 1. The predicted octanol–water partition coefficient (Wildman–Crippen LogP) is 3.08. The summed E-state index contributed by atoms with van der Waals surface area (Å²) in [6, 6.07) is 10.2. The molecule has 0 saturated heterocycles. The summed E-state index contributed by atoms with van der Waals surface area (Å²) in [6.07, 6.45) is -2.85. The number of nitrogen functional groups attached to an aromatic ring is 1. The number of furan rings is 1. The van der Waals surface area contributed by atoms with Gasteiger partial charge in [0.1, 0.15) is 17.6 Å². The number of benzene rings is 1. The molecule has 2 aromatic heterocycles. The highest BCUT2D eigenvalue weighted by Crippen LogP contribution is 2.34. The maximum atomic E-state index is 12.9. The fourth-order valence-corrected chi connectivity index (χ4v) is 3.87. The zero-order valence-electron chi connectivity index (χ0n) is 16.6. The summed E-state index contributed by atoms with van der Waals surface area (Å²) in [5, 5.41) is 12.0. The van der Waals surface area contributed by atoms with Crippen LogP contribution in [0.15, 0.2) is 57.3 Å². The third kappa shape index (κ3) is 4.28. The lowest BCUT2D eigenvalue weighted by Gasteiger charge is -2.19. The van der Waals surface area contributed by atoms with Crippen LogP contribution in [0.4, 0.5) is 13.2 Å². The highest BCUT2D eigenvalue weighted by Gasteiger charge is 2.39. The zero-order valence-corrected chi connectivity index (χ0v) is 17.4. The van der Waals surface area contributed by atoms with Gasteiger partial charge < -0.3 is 15.0 Å². The molecule has 0 spiro atoms. The molecule has 1 aliphatic rings. The van der Waals surface area contributed by atoms with Crippen LogP contribution in [0.2, 0.25) is 0 Å². The lowest BCUT2D eigenvalue weighted by atomic mass is 10.0. The van der Waals surface area contributed by atoms with Gasteiger partial charge >= 0.3 is 6.18 Å². The number of nitrogens with zero attached hydrogens (tertiary/aromatic N) is 5. The summed E-state index contributed by atoms with van der Waals surface area (Å²) in [5.41, 5.74) is 1.47. The Labute approximate surface area is 184 Å². The van der Waals surface area contributed by atoms with Crippen molar-refractivity contribution in [2.45, 2.75) is 23.8 Å². The molecule has 0 aliphatic carbocycles. The van der Waals surface area contributed by atoms with E-state index in [4.69, 9.17) is 15.0 Å². The van der Waals surface area contributed by atoms with Crippen LogP contribution in [-0.4, -0.2) is 44.4 Å². The fourth-order valence-electron chi connectivity index (χ4n) is 3.16. The lowest BCUT2D eigenvalue weighted by Crippen LogP contribution is -2.28. The van der Waals surface area contributed by atoms with E-state index in [9.17, 15) is 18.0 Å². The zero-order chi connectivity index (χ0) is 22.9. The van der Waals surface area contributed by atoms with Crippen LogP contribution in [0.5, 0.6) is 5.75 Å². The number of ether oxygens (including phenoxy) is 1. The second-order valence-corrected chi connectivity index (χ2v) is 7.65. The average molecular weight is 466 g/mol. The number of methoxy groups -OCH3 is 1. The molecule has 0 bridgehead atoms. The fraction of sp³-hybridized carbons (Fsp3) is 0.263. The third-order valence-electron chi connectivity index (χ3n) is 4.70. The molecule has 1 amide bonds. The van der Waals surface area contributed by atoms with E-state index in [1.165, 1.54) is 11.3 Å². The van der Waals surface area contributed by atoms with Crippen LogP contribution in [-0.2, 0) is 11.0 Å².